The van der Waals surface area contributed by atoms with Gasteiger partial charge >= 0.3 is 17.3 Å². The normalized spacial score (nSPS) is 13.6. The maximum absolute atomic E-state index is 12.7. The van der Waals surface area contributed by atoms with Gasteiger partial charge in [0, 0.05) is 75.9 Å². The predicted molar refractivity (Wildman–Crippen MR) is 225 cm³/mol. The van der Waals surface area contributed by atoms with Gasteiger partial charge in [-0.25, -0.2) is 4.79 Å². The van der Waals surface area contributed by atoms with Gasteiger partial charge in [-0.1, -0.05) is 48.3 Å². The van der Waals surface area contributed by atoms with Crippen LogP contribution in [0.15, 0.2) is 85.5 Å². The number of aliphatic carboxylic acids is 1. The fourth-order valence-corrected chi connectivity index (χ4v) is 6.93. The van der Waals surface area contributed by atoms with E-state index in [-0.39, 0.29) is 33.8 Å². The number of rotatable bonds is 8. The summed E-state index contributed by atoms with van der Waals surface area (Å²) in [5.41, 5.74) is 3.07. The number of nitrogens with zero attached hydrogens (tertiary/aromatic N) is 9. The highest BCUT2D eigenvalue weighted by molar-refractivity contribution is 6.32. The van der Waals surface area contributed by atoms with Crippen molar-refractivity contribution in [3.63, 3.8) is 0 Å². The van der Waals surface area contributed by atoms with Crippen molar-refractivity contribution in [2.24, 2.45) is 0 Å². The van der Waals surface area contributed by atoms with Crippen LogP contribution in [0.25, 0.3) is 22.1 Å². The quantitative estimate of drug-likeness (QED) is 0.127. The molecule has 2 aliphatic heterocycles. The lowest BCUT2D eigenvalue weighted by atomic mass is 10.2. The molecule has 8 rings (SSSR count). The number of aromatic nitrogens is 6. The van der Waals surface area contributed by atoms with E-state index >= 15 is 0 Å². The number of piperazine rings is 2. The van der Waals surface area contributed by atoms with Crippen molar-refractivity contribution in [1.29, 1.82) is 0 Å². The smallest absolute Gasteiger partial charge is 0.350 e. The Morgan fingerprint density at radius 3 is 1.63 bits per heavy atom. The van der Waals surface area contributed by atoms with Crippen molar-refractivity contribution in [3.8, 4) is 11.5 Å². The average molecular weight is 856 g/mol. The van der Waals surface area contributed by atoms with Gasteiger partial charge in [0.2, 0.25) is 6.54 Å². The number of anilines is 2. The highest BCUT2D eigenvalue weighted by atomic mass is 35.5. The van der Waals surface area contributed by atoms with E-state index < -0.39 is 5.97 Å². The van der Waals surface area contributed by atoms with E-state index in [4.69, 9.17) is 37.8 Å². The number of hydrogen-bond donors (Lipinski definition) is 4. The number of hydrogen-bond acceptors (Lipinski definition) is 11. The lowest BCUT2D eigenvalue weighted by molar-refractivity contribution is -0.886. The zero-order valence-electron chi connectivity index (χ0n) is 31.4. The summed E-state index contributed by atoms with van der Waals surface area (Å²) < 4.78 is 15.1. The minimum atomic E-state index is -1.00. The number of carbonyl (C=O) groups excluding carboxylic acids is 1. The number of ether oxygens (including phenoxy) is 2. The summed E-state index contributed by atoms with van der Waals surface area (Å²) in [6.45, 7) is 6.61. The molecule has 0 bridgehead atoms. The summed E-state index contributed by atoms with van der Waals surface area (Å²) in [6.07, 6.45) is 6.08. The molecule has 0 spiro atoms. The molecule has 0 radical (unpaired) electrons. The molecule has 2 aliphatic rings. The van der Waals surface area contributed by atoms with Crippen molar-refractivity contribution in [3.05, 3.63) is 95.5 Å². The first-order valence-electron chi connectivity index (χ1n) is 18.0. The molecule has 19 heteroatoms. The highest BCUT2D eigenvalue weighted by Crippen LogP contribution is 2.31. The Hall–Kier alpha value is -6.04. The van der Waals surface area contributed by atoms with Crippen LogP contribution in [0.2, 0.25) is 10.0 Å². The third-order valence-corrected chi connectivity index (χ3v) is 10.1. The van der Waals surface area contributed by atoms with Crippen molar-refractivity contribution in [2.45, 2.75) is 27.9 Å². The summed E-state index contributed by atoms with van der Waals surface area (Å²) in [5.74, 6) is 0.356. The van der Waals surface area contributed by atoms with Crippen molar-refractivity contribution >= 4 is 68.5 Å². The largest absolute Gasteiger partial charge is 0.495 e. The number of benzene rings is 2. The Balaban J connectivity index is 0.000000210. The number of carboxylic acid groups (broad SMARTS) is 1. The number of amides is 1. The first kappa shape index (κ1) is 45.7. The Labute approximate surface area is 352 Å². The van der Waals surface area contributed by atoms with Crippen LogP contribution in [-0.2, 0) is 22.7 Å². The van der Waals surface area contributed by atoms with Gasteiger partial charge in [0.25, 0.3) is 5.91 Å². The Morgan fingerprint density at radius 1 is 0.712 bits per heavy atom. The van der Waals surface area contributed by atoms with Crippen LogP contribution >= 0.6 is 23.2 Å². The van der Waals surface area contributed by atoms with E-state index in [0.717, 1.165) is 65.6 Å². The molecular formula is C40H52Cl2N10O7+2. The summed E-state index contributed by atoms with van der Waals surface area (Å²) in [5, 5.41) is 42.1. The zero-order chi connectivity index (χ0) is 40.5. The van der Waals surface area contributed by atoms with E-state index in [1.807, 2.05) is 47.4 Å². The van der Waals surface area contributed by atoms with Gasteiger partial charge in [0.15, 0.2) is 6.54 Å². The second-order valence-corrected chi connectivity index (χ2v) is 13.8. The van der Waals surface area contributed by atoms with Gasteiger partial charge in [-0.2, -0.15) is 0 Å². The second-order valence-electron chi connectivity index (χ2n) is 13.0. The predicted octanol–water partition coefficient (Wildman–Crippen LogP) is 4.25. The number of pyridine rings is 2. The molecule has 6 heterocycles. The van der Waals surface area contributed by atoms with Crippen molar-refractivity contribution in [2.75, 3.05) is 76.4 Å². The molecular weight excluding hydrogens is 803 g/mol. The van der Waals surface area contributed by atoms with E-state index in [2.05, 4.69) is 25.3 Å². The van der Waals surface area contributed by atoms with Crippen LogP contribution in [0.1, 0.15) is 14.9 Å². The molecule has 4 aromatic heterocycles. The molecule has 2 fully saturated rings. The maximum atomic E-state index is 12.7. The SMILES string of the molecule is C.C.COc1cc(N2CCN(C(=O)Cn3ncc4ccc[n+](O)c43)CC2)ccc1Cl.COc1cc(N2CCNCC2)ccc1Cl.O=C(O)Cn1ncc2ccc[n+](O)c21. The van der Waals surface area contributed by atoms with Crippen LogP contribution < -0.4 is 34.1 Å². The van der Waals surface area contributed by atoms with Gasteiger partial charge in [-0.3, -0.25) is 4.79 Å². The molecule has 4 N–H and O–H groups in total. The molecule has 1 amide bonds. The number of fused-ring (bicyclic) bond motifs is 2. The topological polar surface area (TPSA) is 178 Å². The molecule has 0 aliphatic carbocycles. The molecule has 2 saturated heterocycles. The molecule has 0 unspecified atom stereocenters. The zero-order valence-corrected chi connectivity index (χ0v) is 32.9. The lowest BCUT2D eigenvalue weighted by Gasteiger charge is -2.36. The van der Waals surface area contributed by atoms with Gasteiger partial charge in [0.05, 0.1) is 47.4 Å². The number of carboxylic acids is 1. The van der Waals surface area contributed by atoms with Crippen LogP contribution in [-0.4, -0.2) is 118 Å². The first-order valence-corrected chi connectivity index (χ1v) is 18.8. The fourth-order valence-electron chi connectivity index (χ4n) is 6.54. The highest BCUT2D eigenvalue weighted by Gasteiger charge is 2.26. The van der Waals surface area contributed by atoms with E-state index in [1.54, 1.807) is 38.6 Å². The minimum Gasteiger partial charge on any atom is -0.495 e. The summed E-state index contributed by atoms with van der Waals surface area (Å²) in [6, 6.07) is 18.6. The van der Waals surface area contributed by atoms with Crippen molar-refractivity contribution in [1.82, 2.24) is 29.8 Å². The summed E-state index contributed by atoms with van der Waals surface area (Å²) in [7, 11) is 3.24. The molecule has 6 aromatic rings. The lowest BCUT2D eigenvalue weighted by Crippen LogP contribution is -2.49. The van der Waals surface area contributed by atoms with E-state index in [1.165, 1.54) is 33.6 Å². The number of halogens is 2. The molecule has 17 nitrogen and oxygen atoms in total. The van der Waals surface area contributed by atoms with Crippen LogP contribution in [0, 0.1) is 0 Å². The summed E-state index contributed by atoms with van der Waals surface area (Å²) in [4.78, 5) is 29.5. The standard InChI is InChI=1S/C19H21ClN5O3.C11H15ClN2O.C8H7N3O3.2CH4/c1-28-17-11-15(4-5-16(17)20)22-7-9-23(10-8-22)18(26)13-24-19-14(12-21-24)3-2-6-25(19)27;1-15-11-8-9(2-3-10(11)12)14-6-4-13-5-7-14;12-7(13)5-10-8-6(4-9-10)2-1-3-11(8)14;;/h2-6,11-12,27H,7-10,13H2,1H3;2-3,8,13H,4-7H2,1H3;1-4H,5H2,(H-,12,13,14);2*1H4/q+1;;;;/p+1. The second kappa shape index (κ2) is 21.1. The Morgan fingerprint density at radius 2 is 1.17 bits per heavy atom. The van der Waals surface area contributed by atoms with Crippen molar-refractivity contribution < 1.29 is 44.0 Å². The first-order chi connectivity index (χ1) is 27.6. The molecule has 316 valence electrons. The number of carbonyl (C=O) groups is 2. The van der Waals surface area contributed by atoms with Gasteiger partial charge in [0.1, 0.15) is 23.9 Å². The molecule has 0 atom stereocenters. The molecule has 0 saturated carbocycles. The number of nitrogens with one attached hydrogen (secondary N) is 1. The minimum absolute atomic E-state index is 0. The Kier molecular flexibility index (Phi) is 16.3. The Bertz CT molecular complexity index is 2330. The van der Waals surface area contributed by atoms with Gasteiger partial charge in [-0.05, 0) is 58.0 Å². The average Bonchev–Trinajstić information content (AvgIpc) is 3.84. The monoisotopic (exact) mass is 854 g/mol. The van der Waals surface area contributed by atoms with Gasteiger partial charge < -0.3 is 45.0 Å². The maximum Gasteiger partial charge on any atom is 0.350 e. The van der Waals surface area contributed by atoms with Crippen LogP contribution in [0.3, 0.4) is 0 Å². The fraction of sp³-hybridized carbons (Fsp3) is 0.350. The third-order valence-electron chi connectivity index (χ3n) is 9.44. The number of methoxy groups -OCH3 is 2. The summed E-state index contributed by atoms with van der Waals surface area (Å²) >= 11 is 12.1. The van der Waals surface area contributed by atoms with Crippen LogP contribution in [0.5, 0.6) is 11.5 Å². The third kappa shape index (κ3) is 11.1. The van der Waals surface area contributed by atoms with E-state index in [9.17, 15) is 20.0 Å². The molecule has 2 aromatic carbocycles. The van der Waals surface area contributed by atoms with Crippen LogP contribution in [0.4, 0.5) is 11.4 Å². The van der Waals surface area contributed by atoms with E-state index in [0.29, 0.717) is 45.6 Å². The van der Waals surface area contributed by atoms with Gasteiger partial charge in [-0.15, -0.1) is 9.36 Å². The molecule has 59 heavy (non-hydrogen) atoms.